The fraction of sp³-hybridized carbons (Fsp3) is 0.417. The maximum Gasteiger partial charge on any atom is 0.328 e. The summed E-state index contributed by atoms with van der Waals surface area (Å²) in [6.45, 7) is 4.80. The Morgan fingerprint density at radius 3 is 2.44 bits per heavy atom. The number of nitrogens with zero attached hydrogens (tertiary/aromatic N) is 2. The van der Waals surface area contributed by atoms with Gasteiger partial charge in [-0.15, -0.1) is 0 Å². The summed E-state index contributed by atoms with van der Waals surface area (Å²) in [4.78, 5) is 23.0. The van der Waals surface area contributed by atoms with Gasteiger partial charge in [-0.3, -0.25) is 10.1 Å². The van der Waals surface area contributed by atoms with E-state index >= 15 is 0 Å². The van der Waals surface area contributed by atoms with Gasteiger partial charge in [0.2, 0.25) is 0 Å². The third-order valence-electron chi connectivity index (χ3n) is 3.05. The molecule has 0 heterocycles. The lowest BCUT2D eigenvalue weighted by molar-refractivity contribution is -0.384. The van der Waals surface area contributed by atoms with E-state index in [1.165, 1.54) is 31.9 Å². The number of benzene rings is 1. The Hall–Kier alpha value is -2.11. The second-order valence-electron chi connectivity index (χ2n) is 4.67. The lowest BCUT2D eigenvalue weighted by Crippen LogP contribution is -2.48. The molecule has 6 heteroatoms. The highest BCUT2D eigenvalue weighted by molar-refractivity contribution is 5.84. The van der Waals surface area contributed by atoms with E-state index in [2.05, 4.69) is 0 Å². The van der Waals surface area contributed by atoms with Crippen molar-refractivity contribution >= 4 is 17.3 Å². The Balaban J connectivity index is 3.36. The molecule has 6 nitrogen and oxygen atoms in total. The number of aliphatic carboxylic acids is 1. The summed E-state index contributed by atoms with van der Waals surface area (Å²) in [5.41, 5.74) is -0.188. The number of likely N-dealkylation sites (N-methyl/N-ethyl adjacent to an activating group) is 1. The first-order valence-electron chi connectivity index (χ1n) is 5.40. The molecular weight excluding hydrogens is 236 g/mol. The lowest BCUT2D eigenvalue weighted by Gasteiger charge is -2.33. The molecule has 0 fully saturated rings. The van der Waals surface area contributed by atoms with Crippen molar-refractivity contribution in [3.05, 3.63) is 33.9 Å². The summed E-state index contributed by atoms with van der Waals surface area (Å²) in [5.74, 6) is -1.04. The van der Waals surface area contributed by atoms with Crippen molar-refractivity contribution in [1.82, 2.24) is 0 Å². The van der Waals surface area contributed by atoms with Crippen LogP contribution >= 0.6 is 0 Å². The van der Waals surface area contributed by atoms with E-state index in [4.69, 9.17) is 5.11 Å². The van der Waals surface area contributed by atoms with Crippen LogP contribution in [0.2, 0.25) is 0 Å². The summed E-state index contributed by atoms with van der Waals surface area (Å²) in [5, 5.41) is 20.1. The Bertz CT molecular complexity index is 497. The molecule has 0 bridgehead atoms. The molecule has 1 N–H and O–H groups in total. The minimum atomic E-state index is -1.22. The Morgan fingerprint density at radius 1 is 1.44 bits per heavy atom. The number of nitro groups is 1. The first-order valence-corrected chi connectivity index (χ1v) is 5.40. The molecule has 0 aliphatic carbocycles. The molecule has 0 unspecified atom stereocenters. The molecule has 0 atom stereocenters. The third kappa shape index (κ3) is 2.42. The highest BCUT2D eigenvalue weighted by atomic mass is 16.6. The van der Waals surface area contributed by atoms with Gasteiger partial charge in [0.15, 0.2) is 0 Å². The monoisotopic (exact) mass is 252 g/mol. The predicted molar refractivity (Wildman–Crippen MR) is 68.0 cm³/mol. The maximum absolute atomic E-state index is 11.2. The van der Waals surface area contributed by atoms with E-state index in [0.717, 1.165) is 5.56 Å². The van der Waals surface area contributed by atoms with E-state index < -0.39 is 16.4 Å². The van der Waals surface area contributed by atoms with Gasteiger partial charge in [-0.1, -0.05) is 6.07 Å². The summed E-state index contributed by atoms with van der Waals surface area (Å²) in [6, 6.07) is 4.63. The van der Waals surface area contributed by atoms with Gasteiger partial charge in [-0.25, -0.2) is 4.79 Å². The molecule has 1 rings (SSSR count). The fourth-order valence-electron chi connectivity index (χ4n) is 1.50. The average molecular weight is 252 g/mol. The normalized spacial score (nSPS) is 11.1. The molecule has 0 aromatic heterocycles. The van der Waals surface area contributed by atoms with Crippen molar-refractivity contribution in [3.8, 4) is 0 Å². The van der Waals surface area contributed by atoms with Crippen molar-refractivity contribution in [1.29, 1.82) is 0 Å². The van der Waals surface area contributed by atoms with Crippen LogP contribution in [0, 0.1) is 17.0 Å². The first-order chi connectivity index (χ1) is 8.17. The van der Waals surface area contributed by atoms with Crippen molar-refractivity contribution in [2.24, 2.45) is 0 Å². The number of anilines is 1. The zero-order chi connectivity index (χ0) is 14.1. The molecule has 18 heavy (non-hydrogen) atoms. The van der Waals surface area contributed by atoms with Crippen LogP contribution in [0.5, 0.6) is 0 Å². The summed E-state index contributed by atoms with van der Waals surface area (Å²) < 4.78 is 0. The standard InChI is InChI=1S/C12H16N2O4/c1-8-5-6-9(14(17)18)10(7-8)13(4)12(2,3)11(15)16/h5-7H,1-4H3,(H,15,16). The van der Waals surface area contributed by atoms with Crippen molar-refractivity contribution in [3.63, 3.8) is 0 Å². The molecule has 0 saturated carbocycles. The van der Waals surface area contributed by atoms with E-state index in [1.54, 1.807) is 19.1 Å². The van der Waals surface area contributed by atoms with Crippen LogP contribution in [0.15, 0.2) is 18.2 Å². The van der Waals surface area contributed by atoms with Crippen molar-refractivity contribution in [2.75, 3.05) is 11.9 Å². The highest BCUT2D eigenvalue weighted by Gasteiger charge is 2.35. The summed E-state index contributed by atoms with van der Waals surface area (Å²) in [7, 11) is 1.54. The van der Waals surface area contributed by atoms with Gasteiger partial charge in [0, 0.05) is 13.1 Å². The van der Waals surface area contributed by atoms with Crippen LogP contribution in [0.3, 0.4) is 0 Å². The first kappa shape index (κ1) is 14.0. The van der Waals surface area contributed by atoms with Gasteiger partial charge < -0.3 is 10.0 Å². The molecule has 0 radical (unpaired) electrons. The van der Waals surface area contributed by atoms with Gasteiger partial charge >= 0.3 is 5.97 Å². The molecular formula is C12H16N2O4. The van der Waals surface area contributed by atoms with Crippen LogP contribution in [0.25, 0.3) is 0 Å². The molecule has 1 aromatic rings. The zero-order valence-corrected chi connectivity index (χ0v) is 10.8. The van der Waals surface area contributed by atoms with Crippen LogP contribution in [-0.4, -0.2) is 28.6 Å². The Labute approximate surface area is 105 Å². The molecule has 0 amide bonds. The number of hydrogen-bond acceptors (Lipinski definition) is 4. The van der Waals surface area contributed by atoms with Gasteiger partial charge in [-0.2, -0.15) is 0 Å². The topological polar surface area (TPSA) is 83.7 Å². The highest BCUT2D eigenvalue weighted by Crippen LogP contribution is 2.32. The van der Waals surface area contributed by atoms with E-state index in [0.29, 0.717) is 5.69 Å². The smallest absolute Gasteiger partial charge is 0.328 e. The third-order valence-corrected chi connectivity index (χ3v) is 3.05. The largest absolute Gasteiger partial charge is 0.480 e. The number of aryl methyl sites for hydroxylation is 1. The molecule has 0 aliphatic heterocycles. The van der Waals surface area contributed by atoms with Crippen LogP contribution in [0.1, 0.15) is 19.4 Å². The van der Waals surface area contributed by atoms with Crippen LogP contribution < -0.4 is 4.90 Å². The van der Waals surface area contributed by atoms with E-state index in [-0.39, 0.29) is 5.69 Å². The van der Waals surface area contributed by atoms with Crippen LogP contribution in [-0.2, 0) is 4.79 Å². The number of carbonyl (C=O) groups is 1. The van der Waals surface area contributed by atoms with E-state index in [1.807, 2.05) is 0 Å². The minimum absolute atomic E-state index is 0.0996. The Morgan fingerprint density at radius 2 is 2.00 bits per heavy atom. The molecule has 0 spiro atoms. The van der Waals surface area contributed by atoms with Gasteiger partial charge in [0.1, 0.15) is 11.2 Å². The fourth-order valence-corrected chi connectivity index (χ4v) is 1.50. The number of nitro benzene ring substituents is 1. The van der Waals surface area contributed by atoms with Gasteiger partial charge in [-0.05, 0) is 32.4 Å². The predicted octanol–water partition coefficient (Wildman–Crippen LogP) is 2.20. The quantitative estimate of drug-likeness (QED) is 0.656. The number of hydrogen-bond donors (Lipinski definition) is 1. The summed E-state index contributed by atoms with van der Waals surface area (Å²) >= 11 is 0. The van der Waals surface area contributed by atoms with Gasteiger partial charge in [0.25, 0.3) is 5.69 Å². The molecule has 0 aliphatic rings. The molecule has 98 valence electrons. The molecule has 0 saturated heterocycles. The Kier molecular flexibility index (Phi) is 3.59. The summed E-state index contributed by atoms with van der Waals surface area (Å²) in [6.07, 6.45) is 0. The maximum atomic E-state index is 11.2. The zero-order valence-electron chi connectivity index (χ0n) is 10.8. The second-order valence-corrected chi connectivity index (χ2v) is 4.67. The minimum Gasteiger partial charge on any atom is -0.480 e. The van der Waals surface area contributed by atoms with Crippen molar-refractivity contribution < 1.29 is 14.8 Å². The molecule has 1 aromatic carbocycles. The second kappa shape index (κ2) is 4.64. The number of carboxylic acid groups (broad SMARTS) is 1. The number of rotatable bonds is 4. The SMILES string of the molecule is Cc1ccc([N+](=O)[O-])c(N(C)C(C)(C)C(=O)O)c1. The van der Waals surface area contributed by atoms with E-state index in [9.17, 15) is 14.9 Å². The lowest BCUT2D eigenvalue weighted by atomic mass is 10.0. The van der Waals surface area contributed by atoms with Crippen LogP contribution in [0.4, 0.5) is 11.4 Å². The number of carboxylic acids is 1. The van der Waals surface area contributed by atoms with Crippen molar-refractivity contribution in [2.45, 2.75) is 26.3 Å². The van der Waals surface area contributed by atoms with Gasteiger partial charge in [0.05, 0.1) is 4.92 Å². The average Bonchev–Trinajstić information content (AvgIpc) is 2.27.